The van der Waals surface area contributed by atoms with Crippen LogP contribution in [0.15, 0.2) is 45.9 Å². The molecule has 24 heavy (non-hydrogen) atoms. The number of nitrogens with one attached hydrogen (secondary N) is 1. The topological polar surface area (TPSA) is 79.5 Å². The molecule has 0 unspecified atom stereocenters. The number of aromatic carboxylic acids is 1. The van der Waals surface area contributed by atoms with Gasteiger partial charge in [-0.25, -0.2) is 4.79 Å². The molecular weight excluding hydrogens is 326 g/mol. The van der Waals surface area contributed by atoms with Crippen molar-refractivity contribution in [1.29, 1.82) is 0 Å². The zero-order valence-electron chi connectivity index (χ0n) is 13.4. The fourth-order valence-corrected chi connectivity index (χ4v) is 3.35. The summed E-state index contributed by atoms with van der Waals surface area (Å²) < 4.78 is 5.25. The first kappa shape index (κ1) is 16.6. The normalized spacial score (nSPS) is 15.0. The molecule has 1 heterocycles. The largest absolute Gasteiger partial charge is 0.478 e. The molecule has 126 valence electrons. The molecular formula is C18H19NO4S. The van der Waals surface area contributed by atoms with Crippen molar-refractivity contribution >= 4 is 23.6 Å². The molecule has 1 aliphatic rings. The zero-order chi connectivity index (χ0) is 17.2. The SMILES string of the molecule is CC1(CNC(=O)c2ccccc2SCc2occc2C(=O)O)CC1. The smallest absolute Gasteiger partial charge is 0.339 e. The molecule has 3 rings (SSSR count). The molecule has 0 saturated heterocycles. The van der Waals surface area contributed by atoms with Gasteiger partial charge in [0.25, 0.3) is 5.91 Å². The molecule has 5 nitrogen and oxygen atoms in total. The molecule has 1 aliphatic carbocycles. The molecule has 6 heteroatoms. The third-order valence-corrected chi connectivity index (χ3v) is 5.32. The number of carbonyl (C=O) groups excluding carboxylic acids is 1. The second-order valence-corrected chi connectivity index (χ2v) is 7.36. The van der Waals surface area contributed by atoms with E-state index in [0.29, 0.717) is 23.6 Å². The predicted octanol–water partition coefficient (Wildman–Crippen LogP) is 3.80. The first-order chi connectivity index (χ1) is 11.5. The van der Waals surface area contributed by atoms with Crippen molar-refractivity contribution in [3.63, 3.8) is 0 Å². The van der Waals surface area contributed by atoms with E-state index < -0.39 is 5.97 Å². The van der Waals surface area contributed by atoms with Gasteiger partial charge >= 0.3 is 5.97 Å². The van der Waals surface area contributed by atoms with Crippen molar-refractivity contribution in [3.8, 4) is 0 Å². The summed E-state index contributed by atoms with van der Waals surface area (Å²) in [6.07, 6.45) is 3.68. The van der Waals surface area contributed by atoms with Crippen LogP contribution in [-0.2, 0) is 5.75 Å². The van der Waals surface area contributed by atoms with Gasteiger partial charge in [-0.2, -0.15) is 0 Å². The summed E-state index contributed by atoms with van der Waals surface area (Å²) >= 11 is 1.40. The third-order valence-electron chi connectivity index (χ3n) is 4.25. The van der Waals surface area contributed by atoms with Crippen molar-refractivity contribution in [2.75, 3.05) is 6.54 Å². The maximum Gasteiger partial charge on any atom is 0.339 e. The highest BCUT2D eigenvalue weighted by Gasteiger charge is 2.37. The van der Waals surface area contributed by atoms with Crippen LogP contribution < -0.4 is 5.32 Å². The molecule has 1 aromatic heterocycles. The maximum atomic E-state index is 12.4. The lowest BCUT2D eigenvalue weighted by atomic mass is 10.1. The third kappa shape index (κ3) is 3.82. The minimum absolute atomic E-state index is 0.0934. The van der Waals surface area contributed by atoms with E-state index in [2.05, 4.69) is 12.2 Å². The summed E-state index contributed by atoms with van der Waals surface area (Å²) in [5.74, 6) is -0.350. The first-order valence-corrected chi connectivity index (χ1v) is 8.77. The van der Waals surface area contributed by atoms with Gasteiger partial charge < -0.3 is 14.8 Å². The number of rotatable bonds is 7. The Balaban J connectivity index is 1.68. The van der Waals surface area contributed by atoms with Gasteiger partial charge in [-0.1, -0.05) is 19.1 Å². The molecule has 0 atom stereocenters. The van der Waals surface area contributed by atoms with Gasteiger partial charge in [0.15, 0.2) is 0 Å². The van der Waals surface area contributed by atoms with Crippen LogP contribution in [0.2, 0.25) is 0 Å². The van der Waals surface area contributed by atoms with Crippen molar-refractivity contribution < 1.29 is 19.1 Å². The van der Waals surface area contributed by atoms with E-state index >= 15 is 0 Å². The number of carboxylic acid groups (broad SMARTS) is 1. The van der Waals surface area contributed by atoms with Crippen molar-refractivity contribution in [2.45, 2.75) is 30.4 Å². The molecule has 0 bridgehead atoms. The van der Waals surface area contributed by atoms with Gasteiger partial charge in [-0.05, 0) is 36.5 Å². The fourth-order valence-electron chi connectivity index (χ4n) is 2.35. The van der Waals surface area contributed by atoms with Gasteiger partial charge in [-0.3, -0.25) is 4.79 Å². The first-order valence-electron chi connectivity index (χ1n) is 7.78. The van der Waals surface area contributed by atoms with Gasteiger partial charge in [0.2, 0.25) is 0 Å². The van der Waals surface area contributed by atoms with E-state index in [9.17, 15) is 9.59 Å². The van der Waals surface area contributed by atoms with Gasteiger partial charge in [0.05, 0.1) is 17.6 Å². The Morgan fingerprint density at radius 3 is 2.71 bits per heavy atom. The highest BCUT2D eigenvalue weighted by Crippen LogP contribution is 2.44. The number of carboxylic acids is 1. The Kier molecular flexibility index (Phi) is 4.66. The van der Waals surface area contributed by atoms with E-state index in [1.165, 1.54) is 24.1 Å². The summed E-state index contributed by atoms with van der Waals surface area (Å²) in [5.41, 5.74) is 1.02. The fraction of sp³-hybridized carbons (Fsp3) is 0.333. The predicted molar refractivity (Wildman–Crippen MR) is 91.3 cm³/mol. The Morgan fingerprint density at radius 1 is 1.25 bits per heavy atom. The highest BCUT2D eigenvalue weighted by molar-refractivity contribution is 7.98. The average molecular weight is 345 g/mol. The zero-order valence-corrected chi connectivity index (χ0v) is 14.2. The van der Waals surface area contributed by atoms with Crippen LogP contribution in [0.3, 0.4) is 0 Å². The van der Waals surface area contributed by atoms with Crippen molar-refractivity contribution in [3.05, 3.63) is 53.5 Å². The molecule has 0 aliphatic heterocycles. The Labute approximate surface area is 144 Å². The van der Waals surface area contributed by atoms with Crippen molar-refractivity contribution in [2.24, 2.45) is 5.41 Å². The number of amides is 1. The van der Waals surface area contributed by atoms with E-state index in [-0.39, 0.29) is 16.9 Å². The van der Waals surface area contributed by atoms with E-state index in [0.717, 1.165) is 17.7 Å². The Hall–Kier alpha value is -2.21. The minimum Gasteiger partial charge on any atom is -0.478 e. The summed E-state index contributed by atoms with van der Waals surface area (Å²) in [6, 6.07) is 8.77. The van der Waals surface area contributed by atoms with E-state index in [4.69, 9.17) is 9.52 Å². The van der Waals surface area contributed by atoms with Crippen LogP contribution in [0.5, 0.6) is 0 Å². The summed E-state index contributed by atoms with van der Waals surface area (Å²) in [4.78, 5) is 24.4. The quantitative estimate of drug-likeness (QED) is 0.746. The lowest BCUT2D eigenvalue weighted by molar-refractivity contribution is 0.0694. The number of furan rings is 1. The van der Waals surface area contributed by atoms with Crippen LogP contribution in [0.25, 0.3) is 0 Å². The number of benzene rings is 1. The lowest BCUT2D eigenvalue weighted by Gasteiger charge is -2.12. The average Bonchev–Trinajstić information content (AvgIpc) is 3.11. The van der Waals surface area contributed by atoms with Gasteiger partial charge in [0.1, 0.15) is 11.3 Å². The van der Waals surface area contributed by atoms with Crippen LogP contribution >= 0.6 is 11.8 Å². The number of carbonyl (C=O) groups is 2. The molecule has 1 fully saturated rings. The molecule has 0 spiro atoms. The van der Waals surface area contributed by atoms with Gasteiger partial charge in [0, 0.05) is 11.4 Å². The molecule has 2 N–H and O–H groups in total. The number of hydrogen-bond donors (Lipinski definition) is 2. The molecule has 1 amide bonds. The van der Waals surface area contributed by atoms with Crippen LogP contribution in [0.4, 0.5) is 0 Å². The van der Waals surface area contributed by atoms with Crippen LogP contribution in [0, 0.1) is 5.41 Å². The Bertz CT molecular complexity index is 764. The standard InChI is InChI=1S/C18H19NO4S/c1-18(7-8-18)11-19-16(20)13-4-2-3-5-15(13)24-10-14-12(17(21)22)6-9-23-14/h2-6,9H,7-8,10-11H2,1H3,(H,19,20)(H,21,22). The highest BCUT2D eigenvalue weighted by atomic mass is 32.2. The maximum absolute atomic E-state index is 12.4. The van der Waals surface area contributed by atoms with Gasteiger partial charge in [-0.15, -0.1) is 11.8 Å². The summed E-state index contributed by atoms with van der Waals surface area (Å²) in [6.45, 7) is 2.85. The van der Waals surface area contributed by atoms with Crippen LogP contribution in [0.1, 0.15) is 46.2 Å². The molecule has 1 saturated carbocycles. The summed E-state index contributed by atoms with van der Waals surface area (Å²) in [5, 5.41) is 12.1. The Morgan fingerprint density at radius 2 is 2.00 bits per heavy atom. The molecule has 0 radical (unpaired) electrons. The lowest BCUT2D eigenvalue weighted by Crippen LogP contribution is -2.29. The van der Waals surface area contributed by atoms with E-state index in [1.807, 2.05) is 18.2 Å². The number of hydrogen-bond acceptors (Lipinski definition) is 4. The van der Waals surface area contributed by atoms with E-state index in [1.54, 1.807) is 6.07 Å². The molecule has 1 aromatic carbocycles. The molecule has 2 aromatic rings. The number of thioether (sulfide) groups is 1. The monoisotopic (exact) mass is 345 g/mol. The second-order valence-electron chi connectivity index (χ2n) is 6.34. The minimum atomic E-state index is -1.01. The van der Waals surface area contributed by atoms with Crippen molar-refractivity contribution in [1.82, 2.24) is 5.32 Å². The van der Waals surface area contributed by atoms with Crippen LogP contribution in [-0.4, -0.2) is 23.5 Å². The summed E-state index contributed by atoms with van der Waals surface area (Å²) in [7, 11) is 0. The second kappa shape index (κ2) is 6.73.